The summed E-state index contributed by atoms with van der Waals surface area (Å²) in [5, 5.41) is 5.11. The maximum Gasteiger partial charge on any atom is 0.240 e. The molecule has 0 aliphatic rings. The minimum Gasteiger partial charge on any atom is -0.398 e. The Hall–Kier alpha value is -2.05. The van der Waals surface area contributed by atoms with E-state index in [1.54, 1.807) is 12.1 Å². The van der Waals surface area contributed by atoms with Gasteiger partial charge in [-0.1, -0.05) is 19.1 Å². The Balaban J connectivity index is 2.35. The number of rotatable bonds is 4. The Morgan fingerprint density at radius 3 is 2.10 bits per heavy atom. The fourth-order valence-electron chi connectivity index (χ4n) is 2.11. The molecule has 0 aromatic heterocycles. The Labute approximate surface area is 125 Å². The first-order valence-electron chi connectivity index (χ1n) is 6.58. The Bertz CT molecular complexity index is 740. The van der Waals surface area contributed by atoms with Gasteiger partial charge in [-0.2, -0.15) is 0 Å². The number of nitrogens with two attached hydrogens (primary N) is 2. The lowest BCUT2D eigenvalue weighted by Crippen LogP contribution is -2.15. The third-order valence-electron chi connectivity index (χ3n) is 3.42. The number of nitrogens with zero attached hydrogens (tertiary/aromatic N) is 1. The van der Waals surface area contributed by atoms with E-state index in [0.29, 0.717) is 0 Å². The molecule has 5 nitrogen and oxygen atoms in total. The zero-order chi connectivity index (χ0) is 15.6. The maximum atomic E-state index is 11.4. The Morgan fingerprint density at radius 1 is 1.05 bits per heavy atom. The highest BCUT2D eigenvalue weighted by molar-refractivity contribution is 7.89. The first kappa shape index (κ1) is 15.3. The molecule has 0 atom stereocenters. The van der Waals surface area contributed by atoms with E-state index in [2.05, 4.69) is 19.1 Å². The van der Waals surface area contributed by atoms with Gasteiger partial charge in [0.05, 0.1) is 5.69 Å². The van der Waals surface area contributed by atoms with E-state index in [-0.39, 0.29) is 10.6 Å². The molecule has 0 fully saturated rings. The van der Waals surface area contributed by atoms with Gasteiger partial charge in [0.15, 0.2) is 0 Å². The minimum absolute atomic E-state index is 0.0546. The standard InChI is InChI=1S/C15H19N3O2S/c1-3-11-4-6-12(7-5-11)18(2)13-8-9-15(14(16)10-13)21(17,19)20/h4-10H,3,16H2,1-2H3,(H2,17,19,20). The SMILES string of the molecule is CCc1ccc(N(C)c2ccc(S(N)(=O)=O)c(N)c2)cc1. The van der Waals surface area contributed by atoms with E-state index >= 15 is 0 Å². The van der Waals surface area contributed by atoms with Crippen molar-refractivity contribution >= 4 is 27.1 Å². The van der Waals surface area contributed by atoms with Crippen LogP contribution in [0.1, 0.15) is 12.5 Å². The van der Waals surface area contributed by atoms with Crippen molar-refractivity contribution in [3.05, 3.63) is 48.0 Å². The molecular formula is C15H19N3O2S. The van der Waals surface area contributed by atoms with Gasteiger partial charge in [-0.3, -0.25) is 0 Å². The number of hydrogen-bond donors (Lipinski definition) is 2. The molecule has 0 heterocycles. The number of anilines is 3. The molecule has 21 heavy (non-hydrogen) atoms. The number of aryl methyl sites for hydroxylation is 1. The van der Waals surface area contributed by atoms with Crippen LogP contribution < -0.4 is 15.8 Å². The Morgan fingerprint density at radius 2 is 1.62 bits per heavy atom. The number of benzene rings is 2. The summed E-state index contributed by atoms with van der Waals surface area (Å²) in [6.07, 6.45) is 0.986. The summed E-state index contributed by atoms with van der Waals surface area (Å²) in [6, 6.07) is 12.9. The molecule has 2 aromatic rings. The smallest absolute Gasteiger partial charge is 0.240 e. The lowest BCUT2D eigenvalue weighted by atomic mass is 10.1. The molecule has 4 N–H and O–H groups in total. The van der Waals surface area contributed by atoms with Crippen molar-refractivity contribution in [1.29, 1.82) is 0 Å². The molecule has 0 aliphatic heterocycles. The van der Waals surface area contributed by atoms with Crippen molar-refractivity contribution in [2.45, 2.75) is 18.2 Å². The molecule has 2 rings (SSSR count). The largest absolute Gasteiger partial charge is 0.398 e. The minimum atomic E-state index is -3.79. The van der Waals surface area contributed by atoms with Gasteiger partial charge < -0.3 is 10.6 Å². The molecule has 2 aromatic carbocycles. The number of nitrogen functional groups attached to an aromatic ring is 1. The topological polar surface area (TPSA) is 89.4 Å². The maximum absolute atomic E-state index is 11.4. The van der Waals surface area contributed by atoms with Gasteiger partial charge in [-0.15, -0.1) is 0 Å². The summed E-state index contributed by atoms with van der Waals surface area (Å²) in [5.74, 6) is 0. The third kappa shape index (κ3) is 3.34. The average Bonchev–Trinajstić information content (AvgIpc) is 2.45. The first-order chi connectivity index (χ1) is 9.82. The fourth-order valence-corrected chi connectivity index (χ4v) is 2.75. The predicted octanol–water partition coefficient (Wildman–Crippen LogP) is 2.25. The summed E-state index contributed by atoms with van der Waals surface area (Å²) in [5.41, 5.74) is 8.98. The van der Waals surface area contributed by atoms with Crippen LogP contribution in [0.25, 0.3) is 0 Å². The van der Waals surface area contributed by atoms with Gasteiger partial charge in [-0.05, 0) is 42.3 Å². The molecule has 0 aliphatic carbocycles. The van der Waals surface area contributed by atoms with Crippen LogP contribution in [0.3, 0.4) is 0 Å². The normalized spacial score (nSPS) is 11.4. The molecule has 0 saturated heterocycles. The molecule has 0 unspecified atom stereocenters. The number of primary sulfonamides is 1. The molecule has 0 bridgehead atoms. The summed E-state index contributed by atoms with van der Waals surface area (Å²) < 4.78 is 22.7. The van der Waals surface area contributed by atoms with Crippen LogP contribution in [-0.4, -0.2) is 15.5 Å². The van der Waals surface area contributed by atoms with E-state index in [9.17, 15) is 8.42 Å². The average molecular weight is 305 g/mol. The molecular weight excluding hydrogens is 286 g/mol. The fraction of sp³-hybridized carbons (Fsp3) is 0.200. The lowest BCUT2D eigenvalue weighted by Gasteiger charge is -2.20. The second kappa shape index (κ2) is 5.75. The molecule has 112 valence electrons. The number of hydrogen-bond acceptors (Lipinski definition) is 4. The second-order valence-electron chi connectivity index (χ2n) is 4.85. The summed E-state index contributed by atoms with van der Waals surface area (Å²) in [7, 11) is -1.90. The van der Waals surface area contributed by atoms with Gasteiger partial charge in [0, 0.05) is 18.4 Å². The van der Waals surface area contributed by atoms with Gasteiger partial charge in [0.1, 0.15) is 4.90 Å². The van der Waals surface area contributed by atoms with E-state index in [1.807, 2.05) is 24.1 Å². The van der Waals surface area contributed by atoms with Gasteiger partial charge in [0.25, 0.3) is 0 Å². The van der Waals surface area contributed by atoms with Crippen LogP contribution >= 0.6 is 0 Å². The van der Waals surface area contributed by atoms with Gasteiger partial charge in [-0.25, -0.2) is 13.6 Å². The second-order valence-corrected chi connectivity index (χ2v) is 6.38. The van der Waals surface area contributed by atoms with Gasteiger partial charge in [0.2, 0.25) is 10.0 Å². The van der Waals surface area contributed by atoms with Crippen molar-refractivity contribution in [1.82, 2.24) is 0 Å². The summed E-state index contributed by atoms with van der Waals surface area (Å²) in [4.78, 5) is 1.88. The molecule has 0 spiro atoms. The van der Waals surface area contributed by atoms with Crippen molar-refractivity contribution in [2.75, 3.05) is 17.7 Å². The van der Waals surface area contributed by atoms with Crippen LogP contribution in [-0.2, 0) is 16.4 Å². The highest BCUT2D eigenvalue weighted by Gasteiger charge is 2.14. The molecule has 0 radical (unpaired) electrons. The van der Waals surface area contributed by atoms with Crippen LogP contribution in [0.5, 0.6) is 0 Å². The zero-order valence-corrected chi connectivity index (χ0v) is 12.9. The molecule has 6 heteroatoms. The third-order valence-corrected chi connectivity index (χ3v) is 4.40. The molecule has 0 amide bonds. The molecule has 0 saturated carbocycles. The first-order valence-corrected chi connectivity index (χ1v) is 8.12. The van der Waals surface area contributed by atoms with Crippen LogP contribution in [0, 0.1) is 0 Å². The van der Waals surface area contributed by atoms with Gasteiger partial charge >= 0.3 is 0 Å². The lowest BCUT2D eigenvalue weighted by molar-refractivity contribution is 0.598. The van der Waals surface area contributed by atoms with Crippen molar-refractivity contribution < 1.29 is 8.42 Å². The van der Waals surface area contributed by atoms with Crippen LogP contribution in [0.2, 0.25) is 0 Å². The van der Waals surface area contributed by atoms with Crippen molar-refractivity contribution in [3.63, 3.8) is 0 Å². The zero-order valence-electron chi connectivity index (χ0n) is 12.1. The highest BCUT2D eigenvalue weighted by atomic mass is 32.2. The van der Waals surface area contributed by atoms with Crippen molar-refractivity contribution in [3.8, 4) is 0 Å². The van der Waals surface area contributed by atoms with E-state index in [1.165, 1.54) is 11.6 Å². The van der Waals surface area contributed by atoms with Crippen LogP contribution in [0.4, 0.5) is 17.1 Å². The Kier molecular flexibility index (Phi) is 4.20. The van der Waals surface area contributed by atoms with E-state index in [4.69, 9.17) is 10.9 Å². The predicted molar refractivity (Wildman–Crippen MR) is 86.1 cm³/mol. The van der Waals surface area contributed by atoms with E-state index in [0.717, 1.165) is 17.8 Å². The van der Waals surface area contributed by atoms with Crippen LogP contribution in [0.15, 0.2) is 47.4 Å². The summed E-state index contributed by atoms with van der Waals surface area (Å²) >= 11 is 0. The monoisotopic (exact) mass is 305 g/mol. The van der Waals surface area contributed by atoms with Crippen molar-refractivity contribution in [2.24, 2.45) is 5.14 Å². The summed E-state index contributed by atoms with van der Waals surface area (Å²) in [6.45, 7) is 2.10. The van der Waals surface area contributed by atoms with E-state index < -0.39 is 10.0 Å². The highest BCUT2D eigenvalue weighted by Crippen LogP contribution is 2.28. The number of sulfonamides is 1. The quantitative estimate of drug-likeness (QED) is 0.848.